The monoisotopic (exact) mass is 244 g/mol. The first-order chi connectivity index (χ1) is 8.49. The first-order valence-electron chi connectivity index (χ1n) is 6.18. The fraction of sp³-hybridized carbons (Fsp3) is 0.429. The van der Waals surface area contributed by atoms with Crippen molar-refractivity contribution in [3.8, 4) is 0 Å². The zero-order chi connectivity index (χ0) is 13.3. The van der Waals surface area contributed by atoms with E-state index in [1.54, 1.807) is 11.9 Å². The summed E-state index contributed by atoms with van der Waals surface area (Å²) in [5, 5.41) is 15.6. The molecule has 1 fully saturated rings. The maximum absolute atomic E-state index is 8.33. The van der Waals surface area contributed by atoms with Crippen LogP contribution in [-0.4, -0.2) is 24.1 Å². The van der Waals surface area contributed by atoms with Crippen LogP contribution in [0.5, 0.6) is 0 Å². The van der Waals surface area contributed by atoms with E-state index in [1.165, 1.54) is 6.34 Å². The van der Waals surface area contributed by atoms with Crippen LogP contribution in [0.3, 0.4) is 0 Å². The van der Waals surface area contributed by atoms with Gasteiger partial charge in [-0.3, -0.25) is 10.8 Å². The molecule has 0 spiro atoms. The Morgan fingerprint density at radius 3 is 2.67 bits per heavy atom. The Morgan fingerprint density at radius 1 is 1.50 bits per heavy atom. The molecule has 1 aromatic carbocycles. The number of amidine groups is 1. The van der Waals surface area contributed by atoms with Gasteiger partial charge in [-0.1, -0.05) is 19.1 Å². The summed E-state index contributed by atoms with van der Waals surface area (Å²) in [4.78, 5) is 1.58. The van der Waals surface area contributed by atoms with Crippen LogP contribution < -0.4 is 5.73 Å². The van der Waals surface area contributed by atoms with Gasteiger partial charge >= 0.3 is 0 Å². The molecule has 1 aliphatic rings. The van der Waals surface area contributed by atoms with Crippen LogP contribution in [-0.2, 0) is 5.41 Å². The Balaban J connectivity index is 2.39. The topological polar surface area (TPSA) is 77.0 Å². The number of nitrogens with zero attached hydrogens (tertiary/aromatic N) is 1. The molecule has 2 rings (SSSR count). The van der Waals surface area contributed by atoms with Crippen LogP contribution in [0, 0.1) is 16.7 Å². The highest BCUT2D eigenvalue weighted by Crippen LogP contribution is 2.49. The summed E-state index contributed by atoms with van der Waals surface area (Å²) in [5.74, 6) is 1.10. The van der Waals surface area contributed by atoms with Crippen molar-refractivity contribution in [1.29, 1.82) is 10.8 Å². The van der Waals surface area contributed by atoms with Crippen molar-refractivity contribution in [2.45, 2.75) is 25.2 Å². The van der Waals surface area contributed by atoms with Gasteiger partial charge in [-0.25, -0.2) is 0 Å². The third kappa shape index (κ3) is 1.88. The van der Waals surface area contributed by atoms with Crippen molar-refractivity contribution in [3.63, 3.8) is 0 Å². The van der Waals surface area contributed by atoms with Crippen LogP contribution in [0.15, 0.2) is 24.3 Å². The summed E-state index contributed by atoms with van der Waals surface area (Å²) in [6.45, 7) is 2.20. The number of rotatable bonds is 3. The van der Waals surface area contributed by atoms with E-state index < -0.39 is 0 Å². The second kappa shape index (κ2) is 4.44. The van der Waals surface area contributed by atoms with Gasteiger partial charge in [0.1, 0.15) is 5.84 Å². The molecule has 1 aliphatic carbocycles. The van der Waals surface area contributed by atoms with Gasteiger partial charge in [0.25, 0.3) is 0 Å². The molecular weight excluding hydrogens is 224 g/mol. The number of hydrogen-bond donors (Lipinski definition) is 3. The minimum absolute atomic E-state index is 0.263. The molecule has 0 unspecified atom stereocenters. The minimum atomic E-state index is -0.263. The molecule has 18 heavy (non-hydrogen) atoms. The summed E-state index contributed by atoms with van der Waals surface area (Å²) in [7, 11) is 1.76. The summed E-state index contributed by atoms with van der Waals surface area (Å²) in [6, 6.07) is 7.79. The first kappa shape index (κ1) is 12.6. The van der Waals surface area contributed by atoms with Gasteiger partial charge in [-0.05, 0) is 36.5 Å². The standard InChI is InChI=1S/C14H20N4/c1-10-7-14(8-10,13(17)18(2)9-15)11-4-3-5-12(16)6-11/h3-6,9-10,15,17H,7-8,16H2,1-2H3. The van der Waals surface area contributed by atoms with Crippen LogP contribution in [0.4, 0.5) is 5.69 Å². The van der Waals surface area contributed by atoms with Gasteiger partial charge in [0, 0.05) is 12.7 Å². The van der Waals surface area contributed by atoms with Gasteiger partial charge in [-0.15, -0.1) is 0 Å². The molecule has 4 N–H and O–H groups in total. The van der Waals surface area contributed by atoms with Crippen molar-refractivity contribution >= 4 is 17.9 Å². The molecule has 0 amide bonds. The number of hydrogen-bond acceptors (Lipinski definition) is 3. The summed E-state index contributed by atoms with van der Waals surface area (Å²) in [6.07, 6.45) is 3.10. The predicted molar refractivity (Wildman–Crippen MR) is 75.2 cm³/mol. The molecule has 1 aromatic rings. The highest BCUT2D eigenvalue weighted by Gasteiger charge is 2.48. The lowest BCUT2D eigenvalue weighted by Gasteiger charge is -2.48. The van der Waals surface area contributed by atoms with Crippen molar-refractivity contribution in [2.24, 2.45) is 5.92 Å². The number of likely N-dealkylation sites (N-methyl/N-ethyl adjacent to an activating group) is 1. The van der Waals surface area contributed by atoms with Crippen molar-refractivity contribution in [3.05, 3.63) is 29.8 Å². The molecule has 0 saturated heterocycles. The fourth-order valence-electron chi connectivity index (χ4n) is 2.93. The number of benzene rings is 1. The predicted octanol–water partition coefficient (Wildman–Crippen LogP) is 2.45. The first-order valence-corrected chi connectivity index (χ1v) is 6.18. The summed E-state index contributed by atoms with van der Waals surface area (Å²) in [5.41, 5.74) is 7.42. The molecule has 0 atom stereocenters. The maximum atomic E-state index is 8.33. The number of nitrogens with one attached hydrogen (secondary N) is 2. The Kier molecular flexibility index (Phi) is 3.11. The lowest BCUT2D eigenvalue weighted by molar-refractivity contribution is 0.217. The second-order valence-electron chi connectivity index (χ2n) is 5.31. The quantitative estimate of drug-likeness (QED) is 0.434. The van der Waals surface area contributed by atoms with Gasteiger partial charge in [0.15, 0.2) is 0 Å². The Labute approximate surface area is 108 Å². The van der Waals surface area contributed by atoms with Crippen LogP contribution in [0.1, 0.15) is 25.3 Å². The second-order valence-corrected chi connectivity index (χ2v) is 5.31. The van der Waals surface area contributed by atoms with Crippen LogP contribution in [0.25, 0.3) is 0 Å². The zero-order valence-corrected chi connectivity index (χ0v) is 10.9. The largest absolute Gasteiger partial charge is 0.399 e. The molecule has 0 heterocycles. The van der Waals surface area contributed by atoms with E-state index in [9.17, 15) is 0 Å². The highest BCUT2D eigenvalue weighted by atomic mass is 15.2. The molecule has 1 saturated carbocycles. The number of nitrogen functional groups attached to an aromatic ring is 1. The SMILES string of the molecule is CC1CC(C(=N)N(C)C=N)(c2cccc(N)c2)C1. The highest BCUT2D eigenvalue weighted by molar-refractivity contribution is 5.98. The molecule has 0 bridgehead atoms. The van der Waals surface area contributed by atoms with E-state index in [2.05, 4.69) is 6.92 Å². The molecule has 0 aliphatic heterocycles. The summed E-state index contributed by atoms with van der Waals surface area (Å²) >= 11 is 0. The van der Waals surface area contributed by atoms with Crippen molar-refractivity contribution < 1.29 is 0 Å². The van der Waals surface area contributed by atoms with Crippen molar-refractivity contribution in [2.75, 3.05) is 12.8 Å². The molecule has 96 valence electrons. The van der Waals surface area contributed by atoms with E-state index in [1.807, 2.05) is 24.3 Å². The smallest absolute Gasteiger partial charge is 0.112 e. The average Bonchev–Trinajstić information content (AvgIpc) is 2.32. The Bertz CT molecular complexity index is 474. The van der Waals surface area contributed by atoms with E-state index in [0.29, 0.717) is 11.8 Å². The third-order valence-corrected chi connectivity index (χ3v) is 3.83. The number of anilines is 1. The molecule has 4 nitrogen and oxygen atoms in total. The van der Waals surface area contributed by atoms with Gasteiger partial charge in [0.2, 0.25) is 0 Å². The van der Waals surface area contributed by atoms with Gasteiger partial charge in [-0.2, -0.15) is 0 Å². The van der Waals surface area contributed by atoms with E-state index in [0.717, 1.165) is 24.1 Å². The molecule has 0 radical (unpaired) electrons. The Morgan fingerprint density at radius 2 is 2.17 bits per heavy atom. The fourth-order valence-corrected chi connectivity index (χ4v) is 2.93. The Hall–Kier alpha value is -1.84. The van der Waals surface area contributed by atoms with E-state index >= 15 is 0 Å². The lowest BCUT2D eigenvalue weighted by Crippen LogP contribution is -2.52. The third-order valence-electron chi connectivity index (χ3n) is 3.83. The lowest BCUT2D eigenvalue weighted by atomic mass is 9.58. The number of nitrogens with two attached hydrogens (primary N) is 1. The van der Waals surface area contributed by atoms with E-state index in [-0.39, 0.29) is 5.41 Å². The van der Waals surface area contributed by atoms with E-state index in [4.69, 9.17) is 16.6 Å². The average molecular weight is 244 g/mol. The maximum Gasteiger partial charge on any atom is 0.112 e. The molecular formula is C14H20N4. The normalized spacial score (nSPS) is 26.2. The molecule has 4 heteroatoms. The zero-order valence-electron chi connectivity index (χ0n) is 10.9. The molecule has 0 aromatic heterocycles. The van der Waals surface area contributed by atoms with Crippen LogP contribution in [0.2, 0.25) is 0 Å². The van der Waals surface area contributed by atoms with Crippen LogP contribution >= 0.6 is 0 Å². The van der Waals surface area contributed by atoms with Gasteiger partial charge < -0.3 is 10.6 Å². The van der Waals surface area contributed by atoms with Gasteiger partial charge in [0.05, 0.1) is 11.8 Å². The minimum Gasteiger partial charge on any atom is -0.399 e. The summed E-state index contributed by atoms with van der Waals surface area (Å²) < 4.78 is 0. The van der Waals surface area contributed by atoms with Crippen molar-refractivity contribution in [1.82, 2.24) is 4.90 Å².